The Balaban J connectivity index is 0.00000306. The van der Waals surface area contributed by atoms with E-state index in [1.54, 1.807) is 0 Å². The molecule has 0 saturated heterocycles. The highest BCUT2D eigenvalue weighted by Gasteiger charge is 2.69. The molecule has 33 heavy (non-hydrogen) atoms. The molecule has 0 bridgehead atoms. The lowest BCUT2D eigenvalue weighted by Crippen LogP contribution is -2.73. The van der Waals surface area contributed by atoms with Gasteiger partial charge in [0.15, 0.2) is 23.1 Å². The summed E-state index contributed by atoms with van der Waals surface area (Å²) in [6, 6.07) is 2.99. The largest absolute Gasteiger partial charge is 0.507 e. The highest BCUT2D eigenvalue weighted by atomic mass is 35.5. The van der Waals surface area contributed by atoms with E-state index in [0.717, 1.165) is 0 Å². The second kappa shape index (κ2) is 7.63. The summed E-state index contributed by atoms with van der Waals surface area (Å²) in [5, 5.41) is 44.1. The Morgan fingerprint density at radius 3 is 2.30 bits per heavy atom. The van der Waals surface area contributed by atoms with Crippen LogP contribution in [0.4, 0.5) is 0 Å². The average molecular weight is 481 g/mol. The second-order valence-electron chi connectivity index (χ2n) is 9.11. The Morgan fingerprint density at radius 2 is 1.76 bits per heavy atom. The van der Waals surface area contributed by atoms with Crippen molar-refractivity contribution < 1.29 is 39.6 Å². The number of Topliss-reactive ketones (excluding diaryl/α,β-unsaturated/α-hetero) is 3. The third kappa shape index (κ3) is 2.98. The highest BCUT2D eigenvalue weighted by molar-refractivity contribution is 6.32. The maximum absolute atomic E-state index is 13.6. The minimum Gasteiger partial charge on any atom is -0.507 e. The van der Waals surface area contributed by atoms with Crippen LogP contribution in [0.15, 0.2) is 23.8 Å². The number of aliphatic hydroxyl groups is 3. The number of carbonyl (C=O) groups excluding carboxylic acids is 4. The number of aliphatic hydroxyl groups excluding tert-OH is 1. The second-order valence-corrected chi connectivity index (χ2v) is 9.11. The molecule has 0 spiro atoms. The molecule has 4 rings (SSSR count). The summed E-state index contributed by atoms with van der Waals surface area (Å²) >= 11 is 0. The fourth-order valence-electron chi connectivity index (χ4n) is 5.64. The molecular formula is C22H25ClN2O8. The molecule has 1 amide bonds. The normalized spacial score (nSPS) is 35.5. The first-order valence-electron chi connectivity index (χ1n) is 10.1. The molecule has 3 aliphatic carbocycles. The number of aromatic hydroxyl groups is 1. The molecule has 10 nitrogen and oxygen atoms in total. The van der Waals surface area contributed by atoms with E-state index < -0.39 is 75.3 Å². The monoisotopic (exact) mass is 480 g/mol. The van der Waals surface area contributed by atoms with Gasteiger partial charge in [-0.2, -0.15) is 0 Å². The Bertz CT molecular complexity index is 1130. The zero-order chi connectivity index (χ0) is 23.9. The lowest BCUT2D eigenvalue weighted by Gasteiger charge is -2.53. The van der Waals surface area contributed by atoms with Crippen molar-refractivity contribution in [1.82, 2.24) is 4.90 Å². The summed E-state index contributed by atoms with van der Waals surface area (Å²) in [7, 11) is 2.99. The minimum absolute atomic E-state index is 0. The zero-order valence-corrected chi connectivity index (χ0v) is 18.9. The number of primary amides is 1. The van der Waals surface area contributed by atoms with Gasteiger partial charge in [0, 0.05) is 17.4 Å². The van der Waals surface area contributed by atoms with E-state index in [-0.39, 0.29) is 30.0 Å². The molecule has 1 aromatic rings. The number of rotatable bonds is 2. The Kier molecular flexibility index (Phi) is 5.74. The summed E-state index contributed by atoms with van der Waals surface area (Å²) in [6.45, 7) is 1.39. The summed E-state index contributed by atoms with van der Waals surface area (Å²) in [6.07, 6.45) is -0.227. The van der Waals surface area contributed by atoms with Crippen LogP contribution in [0.2, 0.25) is 0 Å². The van der Waals surface area contributed by atoms with Crippen LogP contribution in [0.5, 0.6) is 5.75 Å². The molecule has 6 N–H and O–H groups in total. The van der Waals surface area contributed by atoms with Crippen molar-refractivity contribution in [3.8, 4) is 5.75 Å². The van der Waals surface area contributed by atoms with E-state index in [0.29, 0.717) is 0 Å². The topological polar surface area (TPSA) is 178 Å². The van der Waals surface area contributed by atoms with Crippen LogP contribution < -0.4 is 5.73 Å². The predicted octanol–water partition coefficient (Wildman–Crippen LogP) is -0.576. The number of nitrogens with zero attached hydrogens (tertiary/aromatic N) is 1. The predicted molar refractivity (Wildman–Crippen MR) is 116 cm³/mol. The molecule has 6 atom stereocenters. The van der Waals surface area contributed by atoms with Crippen LogP contribution in [0.1, 0.15) is 24.5 Å². The number of halogens is 1. The van der Waals surface area contributed by atoms with Gasteiger partial charge in [0.1, 0.15) is 11.5 Å². The smallest absolute Gasteiger partial charge is 0.235 e. The van der Waals surface area contributed by atoms with E-state index in [1.165, 1.54) is 44.1 Å². The number of carbonyl (C=O) groups is 4. The summed E-state index contributed by atoms with van der Waals surface area (Å²) in [4.78, 5) is 53.1. The van der Waals surface area contributed by atoms with E-state index in [9.17, 15) is 39.6 Å². The van der Waals surface area contributed by atoms with Gasteiger partial charge in [-0.15, -0.1) is 12.4 Å². The lowest BCUT2D eigenvalue weighted by atomic mass is 9.52. The molecule has 0 aromatic heterocycles. The first-order valence-corrected chi connectivity index (χ1v) is 10.1. The van der Waals surface area contributed by atoms with Crippen molar-refractivity contribution in [3.05, 3.63) is 34.9 Å². The number of ketones is 3. The van der Waals surface area contributed by atoms with E-state index in [4.69, 9.17) is 5.73 Å². The van der Waals surface area contributed by atoms with E-state index in [2.05, 4.69) is 0 Å². The molecule has 2 fully saturated rings. The van der Waals surface area contributed by atoms with Gasteiger partial charge in [-0.25, -0.2) is 0 Å². The number of benzene rings is 1. The number of nitrogens with two attached hydrogens (primary N) is 1. The van der Waals surface area contributed by atoms with Crippen LogP contribution in [0, 0.1) is 17.8 Å². The van der Waals surface area contributed by atoms with Crippen molar-refractivity contribution in [2.75, 3.05) is 14.1 Å². The summed E-state index contributed by atoms with van der Waals surface area (Å²) in [5.74, 6) is -10.2. The van der Waals surface area contributed by atoms with Crippen LogP contribution in [0.25, 0.3) is 5.76 Å². The molecule has 178 valence electrons. The van der Waals surface area contributed by atoms with Gasteiger partial charge in [-0.3, -0.25) is 24.1 Å². The molecule has 0 aliphatic heterocycles. The van der Waals surface area contributed by atoms with Crippen LogP contribution in [0.3, 0.4) is 0 Å². The quantitative estimate of drug-likeness (QED) is 0.346. The molecule has 11 heteroatoms. The molecule has 0 radical (unpaired) electrons. The SMILES string of the molecule is CN(C)[C@@H]1C(=O)C(C(N)=O)C(=O)[C@@]2(O)C(=O)C3=C(O)c4c(O)cccc4[C@@](C)(O)[C@H]3C[C@@H]12.Cl. The van der Waals surface area contributed by atoms with Gasteiger partial charge in [-0.05, 0) is 39.1 Å². The van der Waals surface area contributed by atoms with Crippen molar-refractivity contribution in [3.63, 3.8) is 0 Å². The van der Waals surface area contributed by atoms with Crippen LogP contribution >= 0.6 is 12.4 Å². The van der Waals surface area contributed by atoms with Crippen LogP contribution in [-0.4, -0.2) is 74.3 Å². The van der Waals surface area contributed by atoms with Gasteiger partial charge < -0.3 is 26.2 Å². The van der Waals surface area contributed by atoms with E-state index >= 15 is 0 Å². The maximum Gasteiger partial charge on any atom is 0.235 e. The first-order chi connectivity index (χ1) is 14.8. The number of fused-ring (bicyclic) bond motifs is 3. The molecule has 2 saturated carbocycles. The van der Waals surface area contributed by atoms with Gasteiger partial charge in [0.2, 0.25) is 11.7 Å². The van der Waals surface area contributed by atoms with Gasteiger partial charge in [-0.1, -0.05) is 12.1 Å². The van der Waals surface area contributed by atoms with Crippen LogP contribution in [-0.2, 0) is 24.8 Å². The Hall–Kier alpha value is -2.79. The maximum atomic E-state index is 13.6. The average Bonchev–Trinajstić information content (AvgIpc) is 2.68. The molecule has 0 heterocycles. The lowest BCUT2D eigenvalue weighted by molar-refractivity contribution is -0.179. The Labute approximate surface area is 195 Å². The zero-order valence-electron chi connectivity index (χ0n) is 18.1. The standard InChI is InChI=1S/C22H24N2O8.ClH/c1-21(31)8-5-4-6-11(25)12(8)16(26)13-9(21)7-10-15(24(2)3)17(27)14(20(23)30)19(29)22(10,32)18(13)28;/h4-6,9-10,14-15,25-26,31-32H,7H2,1-3H3,(H2,23,30);1H/t9-,10-,14?,15-,21+,22-;/m0./s1. The minimum atomic E-state index is -2.82. The van der Waals surface area contributed by atoms with E-state index in [1.807, 2.05) is 0 Å². The molecule has 1 unspecified atom stereocenters. The molecule has 3 aliphatic rings. The fourth-order valence-corrected chi connectivity index (χ4v) is 5.64. The van der Waals surface area contributed by atoms with Crippen molar-refractivity contribution in [1.29, 1.82) is 0 Å². The molecule has 1 aromatic carbocycles. The first kappa shape index (κ1) is 24.8. The van der Waals surface area contributed by atoms with Gasteiger partial charge >= 0.3 is 0 Å². The van der Waals surface area contributed by atoms with Gasteiger partial charge in [0.25, 0.3) is 0 Å². The van der Waals surface area contributed by atoms with Crippen molar-refractivity contribution in [2.24, 2.45) is 23.5 Å². The fraction of sp³-hybridized carbons (Fsp3) is 0.455. The number of hydrogen-bond acceptors (Lipinski definition) is 9. The third-order valence-corrected chi connectivity index (χ3v) is 7.16. The summed E-state index contributed by atoms with van der Waals surface area (Å²) < 4.78 is 0. The summed E-state index contributed by atoms with van der Waals surface area (Å²) in [5.41, 5.74) is 0.199. The van der Waals surface area contributed by atoms with Crippen molar-refractivity contribution >= 4 is 41.4 Å². The Morgan fingerprint density at radius 1 is 1.15 bits per heavy atom. The highest BCUT2D eigenvalue weighted by Crippen LogP contribution is 2.56. The van der Waals surface area contributed by atoms with Gasteiger partial charge in [0.05, 0.1) is 17.2 Å². The number of hydrogen-bond donors (Lipinski definition) is 5. The number of phenols is 1. The molecular weight excluding hydrogens is 456 g/mol. The third-order valence-electron chi connectivity index (χ3n) is 7.16. The number of amides is 1. The number of likely N-dealkylation sites (N-methyl/N-ethyl adjacent to an activating group) is 1. The van der Waals surface area contributed by atoms with Crippen molar-refractivity contribution in [2.45, 2.75) is 30.6 Å². The number of phenolic OH excluding ortho intramolecular Hbond substituents is 1.